The highest BCUT2D eigenvalue weighted by Gasteiger charge is 2.40. The molecule has 1 fully saturated rings. The number of fused-ring (bicyclic) bond motifs is 1. The lowest BCUT2D eigenvalue weighted by Gasteiger charge is -2.37. The van der Waals surface area contributed by atoms with Gasteiger partial charge in [-0.1, -0.05) is 66.7 Å². The Labute approximate surface area is 284 Å². The Bertz CT molecular complexity index is 1960. The van der Waals surface area contributed by atoms with Crippen LogP contribution in [-0.4, -0.2) is 53.5 Å². The number of anilines is 1. The molecule has 0 radical (unpaired) electrons. The van der Waals surface area contributed by atoms with Gasteiger partial charge in [-0.25, -0.2) is 19.3 Å². The maximum atomic E-state index is 13.8. The summed E-state index contributed by atoms with van der Waals surface area (Å²) in [4.78, 5) is 15.7. The molecule has 0 aliphatic carbocycles. The van der Waals surface area contributed by atoms with Crippen LogP contribution in [-0.2, 0) is 21.6 Å². The first-order chi connectivity index (χ1) is 24.0. The van der Waals surface area contributed by atoms with Crippen molar-refractivity contribution in [2.24, 2.45) is 0 Å². The molecule has 3 heterocycles. The Balaban J connectivity index is 1.15. The molecule has 7 rings (SSSR count). The van der Waals surface area contributed by atoms with E-state index in [-0.39, 0.29) is 18.1 Å². The summed E-state index contributed by atoms with van der Waals surface area (Å²) in [5, 5.41) is 0. The Morgan fingerprint density at radius 3 is 2.14 bits per heavy atom. The van der Waals surface area contributed by atoms with Gasteiger partial charge in [0.05, 0.1) is 33.3 Å². The molecular formula is C39H38FN5O4. The Hall–Kier alpha value is -5.32. The lowest BCUT2D eigenvalue weighted by Crippen LogP contribution is -2.35. The second-order valence-corrected chi connectivity index (χ2v) is 12.1. The standard InChI is InChI=1S/C39H38FN5O4/c1-44(23-27-8-7-11-31(40)22-27)37-36-38(42-25-41-37)45(26-43-36)35-21-20-34(49-35)24-48-39(28-9-5-4-6-10-28,29-12-16-32(46-2)17-13-29)30-14-18-33(47-3)19-15-30/h4-19,22,25-26,34-35H,20-21,23-24H2,1-3H3/t34-,35+/m0/s1. The van der Waals surface area contributed by atoms with E-state index in [1.165, 1.54) is 18.5 Å². The summed E-state index contributed by atoms with van der Waals surface area (Å²) in [5.41, 5.74) is 4.16. The van der Waals surface area contributed by atoms with Gasteiger partial charge in [0.2, 0.25) is 0 Å². The number of hydrogen-bond donors (Lipinski definition) is 0. The fourth-order valence-corrected chi connectivity index (χ4v) is 6.62. The van der Waals surface area contributed by atoms with Crippen molar-refractivity contribution in [2.45, 2.75) is 37.3 Å². The highest BCUT2D eigenvalue weighted by molar-refractivity contribution is 5.83. The molecule has 10 heteroatoms. The molecule has 2 aromatic heterocycles. The van der Waals surface area contributed by atoms with Crippen molar-refractivity contribution in [3.05, 3.63) is 144 Å². The molecule has 4 aromatic carbocycles. The number of ether oxygens (including phenoxy) is 4. The summed E-state index contributed by atoms with van der Waals surface area (Å²) < 4.78 is 40.5. The van der Waals surface area contributed by atoms with Gasteiger partial charge < -0.3 is 23.8 Å². The molecular weight excluding hydrogens is 621 g/mol. The molecule has 9 nitrogen and oxygen atoms in total. The second-order valence-electron chi connectivity index (χ2n) is 12.1. The van der Waals surface area contributed by atoms with E-state index in [9.17, 15) is 4.39 Å². The van der Waals surface area contributed by atoms with Crippen molar-refractivity contribution >= 4 is 17.0 Å². The summed E-state index contributed by atoms with van der Waals surface area (Å²) in [5.74, 6) is 1.93. The van der Waals surface area contributed by atoms with E-state index in [0.29, 0.717) is 30.1 Å². The van der Waals surface area contributed by atoms with Crippen LogP contribution < -0.4 is 14.4 Å². The van der Waals surface area contributed by atoms with Gasteiger partial charge in [-0.3, -0.25) is 4.57 Å². The smallest absolute Gasteiger partial charge is 0.167 e. The van der Waals surface area contributed by atoms with Crippen LogP contribution in [0.15, 0.2) is 116 Å². The quantitative estimate of drug-likeness (QED) is 0.127. The molecule has 6 aromatic rings. The first-order valence-corrected chi connectivity index (χ1v) is 16.3. The molecule has 2 atom stereocenters. The fourth-order valence-electron chi connectivity index (χ4n) is 6.62. The first kappa shape index (κ1) is 32.2. The minimum Gasteiger partial charge on any atom is -0.497 e. The van der Waals surface area contributed by atoms with Crippen LogP contribution in [0.25, 0.3) is 11.2 Å². The summed E-state index contributed by atoms with van der Waals surface area (Å²) in [6.07, 6.45) is 4.39. The van der Waals surface area contributed by atoms with E-state index in [1.807, 2.05) is 65.0 Å². The maximum absolute atomic E-state index is 13.8. The van der Waals surface area contributed by atoms with Crippen LogP contribution in [0.2, 0.25) is 0 Å². The lowest BCUT2D eigenvalue weighted by molar-refractivity contribution is -0.0756. The van der Waals surface area contributed by atoms with Gasteiger partial charge in [0.1, 0.15) is 35.5 Å². The predicted octanol–water partition coefficient (Wildman–Crippen LogP) is 7.31. The normalized spacial score (nSPS) is 16.2. The SMILES string of the molecule is COc1ccc(C(OC[C@@H]2CC[C@H](n3cnc4c(N(C)Cc5cccc(F)c5)ncnc43)O2)(c2ccccc2)c2ccc(OC)cc2)cc1. The fraction of sp³-hybridized carbons (Fsp3) is 0.256. The predicted molar refractivity (Wildman–Crippen MR) is 185 cm³/mol. The van der Waals surface area contributed by atoms with Crippen molar-refractivity contribution in [1.29, 1.82) is 0 Å². The van der Waals surface area contributed by atoms with Crippen molar-refractivity contribution in [2.75, 3.05) is 32.8 Å². The van der Waals surface area contributed by atoms with Gasteiger partial charge in [-0.15, -0.1) is 0 Å². The Morgan fingerprint density at radius 1 is 0.816 bits per heavy atom. The number of rotatable bonds is 12. The highest BCUT2D eigenvalue weighted by Crippen LogP contribution is 2.43. The number of nitrogens with zero attached hydrogens (tertiary/aromatic N) is 5. The molecule has 1 saturated heterocycles. The molecule has 0 amide bonds. The van der Waals surface area contributed by atoms with E-state index in [2.05, 4.69) is 46.4 Å². The van der Waals surface area contributed by atoms with Gasteiger partial charge in [-0.05, 0) is 71.5 Å². The van der Waals surface area contributed by atoms with Crippen molar-refractivity contribution < 1.29 is 23.3 Å². The summed E-state index contributed by atoms with van der Waals surface area (Å²) in [7, 11) is 5.24. The topological polar surface area (TPSA) is 83.8 Å². The zero-order valence-electron chi connectivity index (χ0n) is 27.7. The van der Waals surface area contributed by atoms with Gasteiger partial charge in [0.15, 0.2) is 17.0 Å². The number of methoxy groups -OCH3 is 2. The van der Waals surface area contributed by atoms with E-state index >= 15 is 0 Å². The van der Waals surface area contributed by atoms with Crippen LogP contribution >= 0.6 is 0 Å². The third kappa shape index (κ3) is 6.45. The minimum absolute atomic E-state index is 0.181. The monoisotopic (exact) mass is 659 g/mol. The number of aromatic nitrogens is 4. The van der Waals surface area contributed by atoms with E-state index in [4.69, 9.17) is 23.9 Å². The molecule has 1 aliphatic heterocycles. The van der Waals surface area contributed by atoms with Crippen LogP contribution in [0.4, 0.5) is 10.2 Å². The number of imidazole rings is 1. The Kier molecular flexibility index (Phi) is 9.23. The molecule has 0 unspecified atom stereocenters. The van der Waals surface area contributed by atoms with E-state index < -0.39 is 5.60 Å². The minimum atomic E-state index is -0.933. The maximum Gasteiger partial charge on any atom is 0.167 e. The van der Waals surface area contributed by atoms with E-state index in [0.717, 1.165) is 46.6 Å². The molecule has 0 spiro atoms. The average Bonchev–Trinajstić information content (AvgIpc) is 3.80. The largest absolute Gasteiger partial charge is 0.497 e. The van der Waals surface area contributed by atoms with Gasteiger partial charge >= 0.3 is 0 Å². The zero-order valence-corrected chi connectivity index (χ0v) is 27.7. The molecule has 250 valence electrons. The van der Waals surface area contributed by atoms with E-state index in [1.54, 1.807) is 26.6 Å². The summed E-state index contributed by atoms with van der Waals surface area (Å²) in [6, 6.07) is 32.8. The van der Waals surface area contributed by atoms with Crippen LogP contribution in [0.3, 0.4) is 0 Å². The second kappa shape index (κ2) is 14.0. The van der Waals surface area contributed by atoms with Crippen molar-refractivity contribution in [3.8, 4) is 11.5 Å². The average molecular weight is 660 g/mol. The highest BCUT2D eigenvalue weighted by atomic mass is 19.1. The molecule has 1 aliphatic rings. The number of hydrogen-bond acceptors (Lipinski definition) is 8. The van der Waals surface area contributed by atoms with Crippen molar-refractivity contribution in [3.63, 3.8) is 0 Å². The van der Waals surface area contributed by atoms with Gasteiger partial charge in [0, 0.05) is 13.6 Å². The molecule has 0 N–H and O–H groups in total. The third-order valence-corrected chi connectivity index (χ3v) is 9.06. The summed E-state index contributed by atoms with van der Waals surface area (Å²) >= 11 is 0. The van der Waals surface area contributed by atoms with Crippen LogP contribution in [0, 0.1) is 5.82 Å². The molecule has 49 heavy (non-hydrogen) atoms. The number of benzene rings is 4. The lowest BCUT2D eigenvalue weighted by atomic mass is 9.80. The zero-order chi connectivity index (χ0) is 33.8. The Morgan fingerprint density at radius 2 is 1.49 bits per heavy atom. The molecule has 0 saturated carbocycles. The van der Waals surface area contributed by atoms with Crippen LogP contribution in [0.1, 0.15) is 41.3 Å². The van der Waals surface area contributed by atoms with Crippen LogP contribution in [0.5, 0.6) is 11.5 Å². The number of halogens is 1. The van der Waals surface area contributed by atoms with Gasteiger partial charge in [-0.2, -0.15) is 0 Å². The van der Waals surface area contributed by atoms with Crippen molar-refractivity contribution in [1.82, 2.24) is 19.5 Å². The third-order valence-electron chi connectivity index (χ3n) is 9.06. The van der Waals surface area contributed by atoms with Gasteiger partial charge in [0.25, 0.3) is 0 Å². The molecule has 0 bridgehead atoms. The summed E-state index contributed by atoms with van der Waals surface area (Å²) in [6.45, 7) is 0.814. The first-order valence-electron chi connectivity index (χ1n) is 16.3.